The van der Waals surface area contributed by atoms with Crippen LogP contribution in [0.1, 0.15) is 12.8 Å². The van der Waals surface area contributed by atoms with Crippen molar-refractivity contribution in [2.24, 2.45) is 11.8 Å². The predicted molar refractivity (Wildman–Crippen MR) is 127 cm³/mol. The number of benzene rings is 1. The fourth-order valence-electron chi connectivity index (χ4n) is 5.37. The molecule has 0 spiro atoms. The summed E-state index contributed by atoms with van der Waals surface area (Å²) < 4.78 is 5.06. The van der Waals surface area contributed by atoms with E-state index in [4.69, 9.17) is 17.0 Å². The standard InChI is InChI=1S/C23H37N5OS/c1-29-14-8-24-23(30)25-16-22-15-19-7-9-28(22)18-20(19)17-26-10-12-27(13-11-26)21-5-3-2-4-6-21/h2-6,19-20,22H,7-18H2,1H3,(H2,24,25,30)/t19-,20-,22+/m0/s1. The first-order valence-electron chi connectivity index (χ1n) is 11.5. The molecule has 30 heavy (non-hydrogen) atoms. The van der Waals surface area contributed by atoms with Crippen LogP contribution in [0.3, 0.4) is 0 Å². The van der Waals surface area contributed by atoms with Crippen LogP contribution in [0, 0.1) is 11.8 Å². The Labute approximate surface area is 186 Å². The molecule has 2 bridgehead atoms. The van der Waals surface area contributed by atoms with E-state index in [1.165, 1.54) is 51.3 Å². The average Bonchev–Trinajstić information content (AvgIpc) is 2.80. The van der Waals surface area contributed by atoms with Crippen LogP contribution < -0.4 is 15.5 Å². The van der Waals surface area contributed by atoms with E-state index in [0.717, 1.165) is 43.1 Å². The van der Waals surface area contributed by atoms with Gasteiger partial charge in [-0.2, -0.15) is 0 Å². The molecule has 1 aromatic carbocycles. The number of fused-ring (bicyclic) bond motifs is 3. The van der Waals surface area contributed by atoms with Crippen LogP contribution in [0.15, 0.2) is 30.3 Å². The van der Waals surface area contributed by atoms with Crippen molar-refractivity contribution < 1.29 is 4.74 Å². The van der Waals surface area contributed by atoms with Crippen molar-refractivity contribution in [3.8, 4) is 0 Å². The Morgan fingerprint density at radius 3 is 2.60 bits per heavy atom. The highest BCUT2D eigenvalue weighted by Gasteiger charge is 2.40. The number of thiocarbonyl (C=S) groups is 1. The molecule has 4 fully saturated rings. The van der Waals surface area contributed by atoms with E-state index in [9.17, 15) is 0 Å². The molecular weight excluding hydrogens is 394 g/mol. The van der Waals surface area contributed by atoms with Crippen molar-refractivity contribution in [3.63, 3.8) is 0 Å². The van der Waals surface area contributed by atoms with Crippen molar-refractivity contribution in [1.29, 1.82) is 0 Å². The minimum Gasteiger partial charge on any atom is -0.383 e. The molecule has 0 amide bonds. The summed E-state index contributed by atoms with van der Waals surface area (Å²) in [6, 6.07) is 11.5. The van der Waals surface area contributed by atoms with E-state index >= 15 is 0 Å². The number of methoxy groups -OCH3 is 1. The summed E-state index contributed by atoms with van der Waals surface area (Å²) >= 11 is 5.39. The molecule has 1 aromatic rings. The van der Waals surface area contributed by atoms with Crippen LogP contribution in [0.2, 0.25) is 0 Å². The van der Waals surface area contributed by atoms with Crippen LogP contribution in [0.5, 0.6) is 0 Å². The summed E-state index contributed by atoms with van der Waals surface area (Å²) in [7, 11) is 1.71. The van der Waals surface area contributed by atoms with Gasteiger partial charge < -0.3 is 20.3 Å². The number of nitrogens with one attached hydrogen (secondary N) is 2. The third-order valence-corrected chi connectivity index (χ3v) is 7.38. The summed E-state index contributed by atoms with van der Waals surface area (Å²) in [6.45, 7) is 10.8. The van der Waals surface area contributed by atoms with Gasteiger partial charge >= 0.3 is 0 Å². The second-order valence-corrected chi connectivity index (χ2v) is 9.35. The lowest BCUT2D eigenvalue weighted by Gasteiger charge is -2.51. The van der Waals surface area contributed by atoms with E-state index in [0.29, 0.717) is 12.6 Å². The molecule has 0 radical (unpaired) electrons. The molecule has 7 heteroatoms. The smallest absolute Gasteiger partial charge is 0.166 e. The molecule has 4 aliphatic rings. The number of hydrogen-bond acceptors (Lipinski definition) is 5. The summed E-state index contributed by atoms with van der Waals surface area (Å²) in [5.74, 6) is 1.69. The van der Waals surface area contributed by atoms with E-state index in [1.807, 2.05) is 0 Å². The number of nitrogens with zero attached hydrogens (tertiary/aromatic N) is 3. The number of hydrogen-bond donors (Lipinski definition) is 2. The van der Waals surface area contributed by atoms with E-state index in [2.05, 4.69) is 55.7 Å². The van der Waals surface area contributed by atoms with Gasteiger partial charge in [0, 0.05) is 71.2 Å². The highest BCUT2D eigenvalue weighted by atomic mass is 32.1. The first-order valence-corrected chi connectivity index (χ1v) is 11.9. The van der Waals surface area contributed by atoms with Crippen LogP contribution in [-0.4, -0.2) is 93.6 Å². The van der Waals surface area contributed by atoms with Crippen molar-refractivity contribution in [2.45, 2.75) is 18.9 Å². The van der Waals surface area contributed by atoms with Crippen LogP contribution in [-0.2, 0) is 4.74 Å². The van der Waals surface area contributed by atoms with Crippen molar-refractivity contribution >= 4 is 23.0 Å². The Morgan fingerprint density at radius 1 is 1.10 bits per heavy atom. The van der Waals surface area contributed by atoms with Gasteiger partial charge in [0.15, 0.2) is 5.11 Å². The minimum atomic E-state index is 0.622. The third kappa shape index (κ3) is 5.63. The van der Waals surface area contributed by atoms with Gasteiger partial charge in [-0.15, -0.1) is 0 Å². The van der Waals surface area contributed by atoms with E-state index < -0.39 is 0 Å². The van der Waals surface area contributed by atoms with Gasteiger partial charge in [0.05, 0.1) is 6.61 Å². The quantitative estimate of drug-likeness (QED) is 0.479. The number of para-hydroxylation sites is 1. The lowest BCUT2D eigenvalue weighted by Crippen LogP contribution is -2.59. The summed E-state index contributed by atoms with van der Waals surface area (Å²) in [5, 5.41) is 7.38. The highest BCUT2D eigenvalue weighted by molar-refractivity contribution is 7.80. The number of rotatable bonds is 8. The largest absolute Gasteiger partial charge is 0.383 e. The number of piperidine rings is 3. The zero-order valence-corrected chi connectivity index (χ0v) is 19.1. The topological polar surface area (TPSA) is 43.0 Å². The van der Waals surface area contributed by atoms with Crippen LogP contribution in [0.4, 0.5) is 5.69 Å². The maximum absolute atomic E-state index is 5.39. The molecule has 1 unspecified atom stereocenters. The van der Waals surface area contributed by atoms with E-state index in [-0.39, 0.29) is 0 Å². The average molecular weight is 432 g/mol. The van der Waals surface area contributed by atoms with Gasteiger partial charge in [-0.25, -0.2) is 0 Å². The number of piperazine rings is 1. The molecule has 166 valence electrons. The second-order valence-electron chi connectivity index (χ2n) is 8.95. The Bertz CT molecular complexity index is 667. The van der Waals surface area contributed by atoms with Crippen molar-refractivity contribution in [2.75, 3.05) is 77.5 Å². The molecule has 6 nitrogen and oxygen atoms in total. The Hall–Kier alpha value is -1.41. The molecule has 0 aliphatic carbocycles. The predicted octanol–water partition coefficient (Wildman–Crippen LogP) is 1.63. The van der Waals surface area contributed by atoms with Gasteiger partial charge in [-0.1, -0.05) is 18.2 Å². The molecule has 4 atom stereocenters. The Kier molecular flexibility index (Phi) is 7.82. The summed E-state index contributed by atoms with van der Waals surface area (Å²) in [6.07, 6.45) is 2.67. The van der Waals surface area contributed by atoms with Gasteiger partial charge in [0.1, 0.15) is 0 Å². The lowest BCUT2D eigenvalue weighted by molar-refractivity contribution is -0.0110. The fourth-order valence-corrected chi connectivity index (χ4v) is 5.55. The maximum atomic E-state index is 5.39. The highest BCUT2D eigenvalue weighted by Crippen LogP contribution is 2.36. The van der Waals surface area contributed by atoms with Crippen molar-refractivity contribution in [3.05, 3.63) is 30.3 Å². The van der Waals surface area contributed by atoms with Crippen molar-refractivity contribution in [1.82, 2.24) is 20.4 Å². The van der Waals surface area contributed by atoms with Crippen LogP contribution >= 0.6 is 12.2 Å². The maximum Gasteiger partial charge on any atom is 0.166 e. The summed E-state index contributed by atoms with van der Waals surface area (Å²) in [5.41, 5.74) is 1.37. The molecule has 2 N–H and O–H groups in total. The number of anilines is 1. The first-order chi connectivity index (χ1) is 14.7. The molecule has 0 saturated carbocycles. The SMILES string of the molecule is COCCNC(=S)NC[C@H]1C[C@@H]2CCN1C[C@@H]2CN1CCN(c2ccccc2)CC1. The molecule has 4 saturated heterocycles. The molecule has 4 aliphatic heterocycles. The van der Waals surface area contributed by atoms with Gasteiger partial charge in [0.2, 0.25) is 0 Å². The van der Waals surface area contributed by atoms with Gasteiger partial charge in [-0.05, 0) is 55.6 Å². The molecule has 4 heterocycles. The van der Waals surface area contributed by atoms with Gasteiger partial charge in [-0.3, -0.25) is 9.80 Å². The molecule has 0 aromatic heterocycles. The first kappa shape index (κ1) is 21.8. The lowest BCUT2D eigenvalue weighted by atomic mass is 9.75. The zero-order valence-electron chi connectivity index (χ0n) is 18.3. The molecular formula is C23H37N5OS. The van der Waals surface area contributed by atoms with Crippen LogP contribution in [0.25, 0.3) is 0 Å². The second kappa shape index (κ2) is 10.8. The Morgan fingerprint density at radius 2 is 1.90 bits per heavy atom. The monoisotopic (exact) mass is 431 g/mol. The van der Waals surface area contributed by atoms with E-state index in [1.54, 1.807) is 7.11 Å². The Balaban J connectivity index is 1.19. The minimum absolute atomic E-state index is 0.622. The molecule has 5 rings (SSSR count). The third-order valence-electron chi connectivity index (χ3n) is 7.09. The normalized spacial score (nSPS) is 29.0. The summed E-state index contributed by atoms with van der Waals surface area (Å²) in [4.78, 5) is 7.93. The zero-order chi connectivity index (χ0) is 20.8. The fraction of sp³-hybridized carbons (Fsp3) is 0.696. The number of ether oxygens (including phenoxy) is 1. The van der Waals surface area contributed by atoms with Gasteiger partial charge in [0.25, 0.3) is 0 Å².